The lowest BCUT2D eigenvalue weighted by atomic mass is 10.0. The van der Waals surface area contributed by atoms with Crippen LogP contribution < -0.4 is 10.5 Å². The molecule has 2 aromatic heterocycles. The topological polar surface area (TPSA) is 126 Å². The minimum Gasteiger partial charge on any atom is -0.383 e. The Bertz CT molecular complexity index is 1630. The van der Waals surface area contributed by atoms with Gasteiger partial charge in [-0.2, -0.15) is 9.61 Å². The van der Waals surface area contributed by atoms with Gasteiger partial charge in [-0.05, 0) is 75.0 Å². The molecule has 0 spiro atoms. The highest BCUT2D eigenvalue weighted by atomic mass is 35.5. The van der Waals surface area contributed by atoms with E-state index in [2.05, 4.69) is 19.7 Å². The first-order valence-corrected chi connectivity index (χ1v) is 13.9. The zero-order valence-electron chi connectivity index (χ0n) is 21.2. The Kier molecular flexibility index (Phi) is 6.76. The number of sulfonamides is 1. The number of nitrogens with two attached hydrogens (primary N) is 1. The van der Waals surface area contributed by atoms with Crippen molar-refractivity contribution in [3.05, 3.63) is 71.0 Å². The Morgan fingerprint density at radius 2 is 1.87 bits per heavy atom. The van der Waals surface area contributed by atoms with E-state index in [9.17, 15) is 13.2 Å². The minimum absolute atomic E-state index is 0.109. The van der Waals surface area contributed by atoms with E-state index in [1.165, 1.54) is 35.0 Å². The number of benzene rings is 2. The predicted octanol–water partition coefficient (Wildman–Crippen LogP) is 3.52. The third kappa shape index (κ3) is 4.80. The molecule has 1 aliphatic rings. The summed E-state index contributed by atoms with van der Waals surface area (Å²) in [5, 5.41) is 4.81. The molecule has 2 aromatic carbocycles. The van der Waals surface area contributed by atoms with Crippen LogP contribution in [0.25, 0.3) is 16.8 Å². The van der Waals surface area contributed by atoms with Gasteiger partial charge in [0.25, 0.3) is 15.9 Å². The molecule has 3 heterocycles. The van der Waals surface area contributed by atoms with Crippen molar-refractivity contribution in [2.24, 2.45) is 0 Å². The zero-order valence-corrected chi connectivity index (χ0v) is 22.8. The van der Waals surface area contributed by atoms with Gasteiger partial charge < -0.3 is 15.5 Å². The SMILES string of the molecule is Cc1cc(NS(=O)(=O)c2ccc(Cl)cc2)ccc1-c1cnc2c(C(=O)N3CCC(N(C)C)C3)cnn2c1N. The average Bonchev–Trinajstić information content (AvgIpc) is 3.53. The van der Waals surface area contributed by atoms with Crippen LogP contribution in [0, 0.1) is 6.92 Å². The van der Waals surface area contributed by atoms with Gasteiger partial charge in [-0.15, -0.1) is 0 Å². The van der Waals surface area contributed by atoms with Gasteiger partial charge in [0.05, 0.1) is 11.1 Å². The molecule has 1 unspecified atom stereocenters. The Morgan fingerprint density at radius 3 is 2.53 bits per heavy atom. The maximum atomic E-state index is 13.2. The van der Waals surface area contributed by atoms with Gasteiger partial charge in [0.2, 0.25) is 0 Å². The molecule has 1 aliphatic heterocycles. The van der Waals surface area contributed by atoms with E-state index in [1.54, 1.807) is 24.4 Å². The van der Waals surface area contributed by atoms with Crippen molar-refractivity contribution in [2.45, 2.75) is 24.3 Å². The molecule has 0 aliphatic carbocycles. The first-order valence-electron chi connectivity index (χ1n) is 12.0. The molecular formula is C26H28ClN7O3S. The molecule has 12 heteroatoms. The summed E-state index contributed by atoms with van der Waals surface area (Å²) in [4.78, 5) is 21.8. The van der Waals surface area contributed by atoms with Crippen molar-refractivity contribution in [1.82, 2.24) is 24.4 Å². The normalized spacial score (nSPS) is 15.9. The Labute approximate surface area is 226 Å². The summed E-state index contributed by atoms with van der Waals surface area (Å²) in [6.45, 7) is 3.19. The van der Waals surface area contributed by atoms with Crippen molar-refractivity contribution in [2.75, 3.05) is 37.6 Å². The van der Waals surface area contributed by atoms with E-state index in [0.29, 0.717) is 52.4 Å². The second-order valence-corrected chi connectivity index (χ2v) is 11.7. The maximum absolute atomic E-state index is 13.2. The molecule has 0 saturated carbocycles. The van der Waals surface area contributed by atoms with Gasteiger partial charge in [0.15, 0.2) is 5.65 Å². The fourth-order valence-corrected chi connectivity index (χ4v) is 5.86. The standard InChI is InChI=1S/C26H28ClN7O3S/c1-16-12-18(31-38(36,37)20-7-4-17(27)5-8-20)6-9-21(16)22-13-29-25-23(14-30-34(25)24(22)28)26(35)33-11-10-19(15-33)32(2)3/h4-9,12-14,19,31H,10-11,15,28H2,1-3H3. The van der Waals surface area contributed by atoms with Crippen LogP contribution in [0.5, 0.6) is 0 Å². The predicted molar refractivity (Wildman–Crippen MR) is 148 cm³/mol. The number of likely N-dealkylation sites (N-methyl/N-ethyl adjacent to an activating group) is 1. The Balaban J connectivity index is 1.41. The number of aryl methyl sites for hydroxylation is 1. The number of fused-ring (bicyclic) bond motifs is 1. The number of nitrogen functional groups attached to an aromatic ring is 1. The third-order valence-electron chi connectivity index (χ3n) is 6.87. The molecule has 0 radical (unpaired) electrons. The summed E-state index contributed by atoms with van der Waals surface area (Å²) >= 11 is 5.87. The van der Waals surface area contributed by atoms with Crippen molar-refractivity contribution in [3.63, 3.8) is 0 Å². The zero-order chi connectivity index (χ0) is 27.2. The van der Waals surface area contributed by atoms with Crippen LogP contribution in [-0.2, 0) is 10.0 Å². The number of hydrogen-bond donors (Lipinski definition) is 2. The molecule has 1 fully saturated rings. The Morgan fingerprint density at radius 1 is 1.13 bits per heavy atom. The number of nitrogens with zero attached hydrogens (tertiary/aromatic N) is 5. The smallest absolute Gasteiger partial charge is 0.261 e. The molecule has 1 amide bonds. The van der Waals surface area contributed by atoms with Crippen LogP contribution in [0.4, 0.5) is 11.5 Å². The molecule has 1 saturated heterocycles. The number of anilines is 2. The third-order valence-corrected chi connectivity index (χ3v) is 8.52. The first kappa shape index (κ1) is 26.0. The number of likely N-dealkylation sites (tertiary alicyclic amines) is 1. The lowest BCUT2D eigenvalue weighted by molar-refractivity contribution is 0.0784. The van der Waals surface area contributed by atoms with Crippen LogP contribution in [0.2, 0.25) is 5.02 Å². The highest BCUT2D eigenvalue weighted by Gasteiger charge is 2.30. The van der Waals surface area contributed by atoms with Gasteiger partial charge in [-0.25, -0.2) is 13.4 Å². The summed E-state index contributed by atoms with van der Waals surface area (Å²) in [6.07, 6.45) is 4.05. The van der Waals surface area contributed by atoms with E-state index in [-0.39, 0.29) is 10.8 Å². The summed E-state index contributed by atoms with van der Waals surface area (Å²) in [6, 6.07) is 11.4. The van der Waals surface area contributed by atoms with E-state index in [1.807, 2.05) is 25.9 Å². The highest BCUT2D eigenvalue weighted by Crippen LogP contribution is 2.32. The van der Waals surface area contributed by atoms with Gasteiger partial charge in [0.1, 0.15) is 11.4 Å². The van der Waals surface area contributed by atoms with Crippen LogP contribution in [-0.4, -0.2) is 71.9 Å². The second kappa shape index (κ2) is 9.90. The van der Waals surface area contributed by atoms with Crippen molar-refractivity contribution >= 4 is 44.7 Å². The summed E-state index contributed by atoms with van der Waals surface area (Å²) in [5.74, 6) is 0.219. The van der Waals surface area contributed by atoms with Crippen LogP contribution in [0.3, 0.4) is 0 Å². The average molecular weight is 554 g/mol. The quantitative estimate of drug-likeness (QED) is 0.374. The summed E-state index contributed by atoms with van der Waals surface area (Å²) < 4.78 is 29.6. The van der Waals surface area contributed by atoms with Crippen LogP contribution >= 0.6 is 11.6 Å². The fourth-order valence-electron chi connectivity index (χ4n) is 4.68. The highest BCUT2D eigenvalue weighted by molar-refractivity contribution is 7.92. The van der Waals surface area contributed by atoms with Gasteiger partial charge in [-0.1, -0.05) is 17.7 Å². The number of hydrogen-bond acceptors (Lipinski definition) is 7. The van der Waals surface area contributed by atoms with Crippen LogP contribution in [0.15, 0.2) is 59.8 Å². The first-order chi connectivity index (χ1) is 18.0. The van der Waals surface area contributed by atoms with E-state index < -0.39 is 10.0 Å². The fraction of sp³-hybridized carbons (Fsp3) is 0.269. The number of aromatic nitrogens is 3. The van der Waals surface area contributed by atoms with E-state index in [4.69, 9.17) is 17.3 Å². The molecule has 5 rings (SSSR count). The molecule has 38 heavy (non-hydrogen) atoms. The maximum Gasteiger partial charge on any atom is 0.261 e. The number of rotatable bonds is 6. The second-order valence-electron chi connectivity index (χ2n) is 9.60. The molecule has 198 valence electrons. The Hall–Kier alpha value is -3.67. The van der Waals surface area contributed by atoms with Crippen molar-refractivity contribution in [1.29, 1.82) is 0 Å². The number of carbonyl (C=O) groups is 1. The van der Waals surface area contributed by atoms with Crippen molar-refractivity contribution < 1.29 is 13.2 Å². The monoisotopic (exact) mass is 553 g/mol. The lowest BCUT2D eigenvalue weighted by Gasteiger charge is -2.20. The van der Waals surface area contributed by atoms with E-state index >= 15 is 0 Å². The number of nitrogens with one attached hydrogen (secondary N) is 1. The number of amides is 1. The number of halogens is 1. The molecule has 10 nitrogen and oxygen atoms in total. The molecule has 3 N–H and O–H groups in total. The van der Waals surface area contributed by atoms with E-state index in [0.717, 1.165) is 17.5 Å². The van der Waals surface area contributed by atoms with Gasteiger partial charge in [0, 0.05) is 41.6 Å². The van der Waals surface area contributed by atoms with Gasteiger partial charge in [-0.3, -0.25) is 9.52 Å². The minimum atomic E-state index is -3.78. The lowest BCUT2D eigenvalue weighted by Crippen LogP contribution is -2.34. The molecule has 4 aromatic rings. The summed E-state index contributed by atoms with van der Waals surface area (Å²) in [5.41, 5.74) is 9.87. The van der Waals surface area contributed by atoms with Crippen molar-refractivity contribution in [3.8, 4) is 11.1 Å². The van der Waals surface area contributed by atoms with Gasteiger partial charge >= 0.3 is 0 Å². The molecular weight excluding hydrogens is 526 g/mol. The number of carbonyl (C=O) groups excluding carboxylic acids is 1. The summed E-state index contributed by atoms with van der Waals surface area (Å²) in [7, 11) is 0.249. The largest absolute Gasteiger partial charge is 0.383 e. The van der Waals surface area contributed by atoms with Crippen LogP contribution in [0.1, 0.15) is 22.3 Å². The molecule has 0 bridgehead atoms. The molecule has 1 atom stereocenters.